The maximum absolute atomic E-state index is 13.0. The molecule has 7 nitrogen and oxygen atoms in total. The van der Waals surface area contributed by atoms with Gasteiger partial charge in [0.05, 0.1) is 10.5 Å². The van der Waals surface area contributed by atoms with Crippen LogP contribution in [0.25, 0.3) is 0 Å². The van der Waals surface area contributed by atoms with Crippen LogP contribution in [-0.2, 0) is 21.0 Å². The normalized spacial score (nSPS) is 15.0. The van der Waals surface area contributed by atoms with Crippen LogP contribution in [0.15, 0.2) is 47.4 Å². The molecule has 0 saturated carbocycles. The van der Waals surface area contributed by atoms with Gasteiger partial charge in [-0.25, -0.2) is 13.1 Å². The van der Waals surface area contributed by atoms with Crippen molar-refractivity contribution < 1.29 is 31.1 Å². The first-order valence-electron chi connectivity index (χ1n) is 10.8. The molecule has 1 aliphatic heterocycles. The van der Waals surface area contributed by atoms with E-state index in [1.807, 2.05) is 4.90 Å². The molecule has 1 heterocycles. The molecule has 1 N–H and O–H groups in total. The van der Waals surface area contributed by atoms with Crippen molar-refractivity contribution in [3.63, 3.8) is 0 Å². The summed E-state index contributed by atoms with van der Waals surface area (Å²) in [5.74, 6) is 0.153. The highest BCUT2D eigenvalue weighted by Crippen LogP contribution is 2.32. The van der Waals surface area contributed by atoms with Crippen molar-refractivity contribution >= 4 is 21.6 Å². The first-order chi connectivity index (χ1) is 15.9. The summed E-state index contributed by atoms with van der Waals surface area (Å²) >= 11 is 0. The Kier molecular flexibility index (Phi) is 7.77. The second-order valence-electron chi connectivity index (χ2n) is 8.41. The number of benzene rings is 2. The van der Waals surface area contributed by atoms with Crippen LogP contribution in [0.2, 0.25) is 0 Å². The second-order valence-corrected chi connectivity index (χ2v) is 10.1. The van der Waals surface area contributed by atoms with Crippen LogP contribution in [0, 0.1) is 6.92 Å². The zero-order chi connectivity index (χ0) is 25.1. The van der Waals surface area contributed by atoms with Gasteiger partial charge in [0.2, 0.25) is 10.0 Å². The number of carbonyl (C=O) groups excluding carboxylic acids is 1. The Morgan fingerprint density at radius 3 is 2.35 bits per heavy atom. The number of amides is 1. The predicted molar refractivity (Wildman–Crippen MR) is 122 cm³/mol. The number of nitrogens with zero attached hydrogens (tertiary/aromatic N) is 2. The summed E-state index contributed by atoms with van der Waals surface area (Å²) in [6.45, 7) is 6.45. The van der Waals surface area contributed by atoms with Gasteiger partial charge in [0.25, 0.3) is 5.91 Å². The fraction of sp³-hybridized carbons (Fsp3) is 0.435. The molecule has 0 bridgehead atoms. The van der Waals surface area contributed by atoms with Gasteiger partial charge in [-0.15, -0.1) is 0 Å². The lowest BCUT2D eigenvalue weighted by atomic mass is 10.1. The van der Waals surface area contributed by atoms with Crippen molar-refractivity contribution in [1.82, 2.24) is 9.62 Å². The number of hydrogen-bond donors (Lipinski definition) is 1. The van der Waals surface area contributed by atoms with Gasteiger partial charge < -0.3 is 14.5 Å². The molecule has 34 heavy (non-hydrogen) atoms. The molecule has 0 aliphatic carbocycles. The zero-order valence-electron chi connectivity index (χ0n) is 19.2. The van der Waals surface area contributed by atoms with E-state index in [0.717, 1.165) is 12.1 Å². The lowest BCUT2D eigenvalue weighted by molar-refractivity contribution is -0.137. The van der Waals surface area contributed by atoms with E-state index in [1.165, 1.54) is 24.3 Å². The fourth-order valence-corrected chi connectivity index (χ4v) is 4.99. The van der Waals surface area contributed by atoms with Crippen molar-refractivity contribution in [2.24, 2.45) is 0 Å². The third-order valence-corrected chi connectivity index (χ3v) is 7.03. The van der Waals surface area contributed by atoms with E-state index in [0.29, 0.717) is 43.2 Å². The molecule has 0 unspecified atom stereocenters. The Balaban J connectivity index is 1.55. The topological polar surface area (TPSA) is 78.9 Å². The minimum atomic E-state index is -4.41. The molecule has 1 aliphatic rings. The summed E-state index contributed by atoms with van der Waals surface area (Å²) in [7, 11) is -3.63. The van der Waals surface area contributed by atoms with Crippen molar-refractivity contribution in [1.29, 1.82) is 0 Å². The molecule has 0 radical (unpaired) electrons. The third-order valence-electron chi connectivity index (χ3n) is 5.37. The number of ether oxygens (including phenoxy) is 1. The van der Waals surface area contributed by atoms with Gasteiger partial charge >= 0.3 is 6.18 Å². The largest absolute Gasteiger partial charge is 0.483 e. The zero-order valence-corrected chi connectivity index (χ0v) is 20.0. The molecule has 3 rings (SSSR count). The van der Waals surface area contributed by atoms with Gasteiger partial charge in [-0.05, 0) is 62.7 Å². The van der Waals surface area contributed by atoms with E-state index < -0.39 is 21.8 Å². The Bertz CT molecular complexity index is 1130. The van der Waals surface area contributed by atoms with Gasteiger partial charge in [-0.1, -0.05) is 6.07 Å². The number of nitrogens with one attached hydrogen (secondary N) is 1. The Morgan fingerprint density at radius 1 is 1.09 bits per heavy atom. The molecule has 1 saturated heterocycles. The Morgan fingerprint density at radius 2 is 1.76 bits per heavy atom. The van der Waals surface area contributed by atoms with Crippen molar-refractivity contribution in [3.8, 4) is 5.75 Å². The van der Waals surface area contributed by atoms with Gasteiger partial charge in [-0.2, -0.15) is 13.2 Å². The second kappa shape index (κ2) is 10.2. The number of hydrogen-bond acceptors (Lipinski definition) is 5. The van der Waals surface area contributed by atoms with E-state index in [-0.39, 0.29) is 23.5 Å². The van der Waals surface area contributed by atoms with E-state index in [4.69, 9.17) is 4.74 Å². The third kappa shape index (κ3) is 6.41. The Labute approximate surface area is 197 Å². The number of piperazine rings is 1. The summed E-state index contributed by atoms with van der Waals surface area (Å²) in [5, 5.41) is 0. The van der Waals surface area contributed by atoms with Crippen LogP contribution in [0.4, 0.5) is 18.9 Å². The monoisotopic (exact) mass is 499 g/mol. The maximum atomic E-state index is 13.0. The lowest BCUT2D eigenvalue weighted by Crippen LogP contribution is -2.50. The molecule has 0 spiro atoms. The predicted octanol–water partition coefficient (Wildman–Crippen LogP) is 3.43. The summed E-state index contributed by atoms with van der Waals surface area (Å²) in [6, 6.07) is 9.33. The summed E-state index contributed by atoms with van der Waals surface area (Å²) in [5.41, 5.74) is 0.343. The first-order valence-corrected chi connectivity index (χ1v) is 12.3. The number of rotatable bonds is 7. The number of alkyl halides is 3. The van der Waals surface area contributed by atoms with E-state index in [9.17, 15) is 26.4 Å². The lowest BCUT2D eigenvalue weighted by Gasteiger charge is -2.36. The number of aryl methyl sites for hydroxylation is 1. The molecule has 1 amide bonds. The highest BCUT2D eigenvalue weighted by atomic mass is 32.2. The number of sulfonamides is 1. The summed E-state index contributed by atoms with van der Waals surface area (Å²) < 4.78 is 71.6. The minimum absolute atomic E-state index is 0.114. The molecule has 1 fully saturated rings. The standard InChI is InChI=1S/C23H28F3N3O4S/c1-16(2)27-34(31,32)20-7-8-21(17(3)13-20)33-15-22(30)29-11-9-28(10-12-29)19-6-4-5-18(14-19)23(24,25)26/h4-8,13-14,16,27H,9-12,15H2,1-3H3. The number of carbonyl (C=O) groups is 1. The molecular formula is C23H28F3N3O4S. The molecular weight excluding hydrogens is 471 g/mol. The van der Waals surface area contributed by atoms with E-state index in [2.05, 4.69) is 4.72 Å². The maximum Gasteiger partial charge on any atom is 0.416 e. The van der Waals surface area contributed by atoms with Gasteiger partial charge in [0.15, 0.2) is 6.61 Å². The van der Waals surface area contributed by atoms with Crippen molar-refractivity contribution in [2.75, 3.05) is 37.7 Å². The minimum Gasteiger partial charge on any atom is -0.483 e. The molecule has 2 aromatic rings. The molecule has 0 aromatic heterocycles. The Hall–Kier alpha value is -2.79. The van der Waals surface area contributed by atoms with Crippen molar-refractivity contribution in [2.45, 2.75) is 37.9 Å². The van der Waals surface area contributed by atoms with Gasteiger partial charge in [0, 0.05) is 37.9 Å². The van der Waals surface area contributed by atoms with Crippen LogP contribution < -0.4 is 14.4 Å². The average Bonchev–Trinajstić information content (AvgIpc) is 2.77. The molecule has 11 heteroatoms. The van der Waals surface area contributed by atoms with Crippen LogP contribution in [-0.4, -0.2) is 58.1 Å². The van der Waals surface area contributed by atoms with Crippen LogP contribution in [0.1, 0.15) is 25.0 Å². The van der Waals surface area contributed by atoms with Gasteiger partial charge in [0.1, 0.15) is 5.75 Å². The smallest absolute Gasteiger partial charge is 0.416 e. The van der Waals surface area contributed by atoms with E-state index >= 15 is 0 Å². The van der Waals surface area contributed by atoms with Crippen LogP contribution in [0.5, 0.6) is 5.75 Å². The fourth-order valence-electron chi connectivity index (χ4n) is 3.65. The molecule has 186 valence electrons. The molecule has 0 atom stereocenters. The van der Waals surface area contributed by atoms with E-state index in [1.54, 1.807) is 31.7 Å². The molecule has 2 aromatic carbocycles. The van der Waals surface area contributed by atoms with Crippen LogP contribution in [0.3, 0.4) is 0 Å². The average molecular weight is 500 g/mol. The quantitative estimate of drug-likeness (QED) is 0.632. The van der Waals surface area contributed by atoms with Gasteiger partial charge in [-0.3, -0.25) is 4.79 Å². The highest BCUT2D eigenvalue weighted by Gasteiger charge is 2.31. The highest BCUT2D eigenvalue weighted by molar-refractivity contribution is 7.89. The summed E-state index contributed by atoms with van der Waals surface area (Å²) in [6.07, 6.45) is -4.41. The number of halogens is 3. The summed E-state index contributed by atoms with van der Waals surface area (Å²) in [4.78, 5) is 16.1. The van der Waals surface area contributed by atoms with Crippen LogP contribution >= 0.6 is 0 Å². The SMILES string of the molecule is Cc1cc(S(=O)(=O)NC(C)C)ccc1OCC(=O)N1CCN(c2cccc(C(F)(F)F)c2)CC1. The van der Waals surface area contributed by atoms with Crippen molar-refractivity contribution in [3.05, 3.63) is 53.6 Å². The number of anilines is 1. The first kappa shape index (κ1) is 25.8.